The molecule has 3 nitrogen and oxygen atoms in total. The highest BCUT2D eigenvalue weighted by atomic mass is 79.9. The van der Waals surface area contributed by atoms with Crippen LogP contribution >= 0.6 is 15.9 Å². The van der Waals surface area contributed by atoms with Crippen molar-refractivity contribution in [2.45, 2.75) is 25.3 Å². The fourth-order valence-corrected chi connectivity index (χ4v) is 3.16. The molecule has 4 heteroatoms. The SMILES string of the molecule is CNCC1CCCCN(C)C1c1ccc(Br)o1. The Morgan fingerprint density at radius 2 is 2.29 bits per heavy atom. The quantitative estimate of drug-likeness (QED) is 0.930. The Kier molecular flexibility index (Phi) is 4.65. The van der Waals surface area contributed by atoms with Gasteiger partial charge in [0.1, 0.15) is 5.76 Å². The molecule has 0 radical (unpaired) electrons. The van der Waals surface area contributed by atoms with Crippen molar-refractivity contribution in [1.82, 2.24) is 10.2 Å². The van der Waals surface area contributed by atoms with E-state index in [1.165, 1.54) is 19.3 Å². The lowest BCUT2D eigenvalue weighted by atomic mass is 9.93. The molecule has 17 heavy (non-hydrogen) atoms. The second-order valence-electron chi connectivity index (χ2n) is 4.88. The summed E-state index contributed by atoms with van der Waals surface area (Å²) in [5.74, 6) is 1.71. The second kappa shape index (κ2) is 6.03. The van der Waals surface area contributed by atoms with Crippen LogP contribution in [-0.2, 0) is 0 Å². The first kappa shape index (κ1) is 13.1. The van der Waals surface area contributed by atoms with Gasteiger partial charge >= 0.3 is 0 Å². The standard InChI is InChI=1S/C13H21BrN2O/c1-15-9-10-5-3-4-8-16(2)13(10)11-6-7-12(14)17-11/h6-7,10,13,15H,3-5,8-9H2,1-2H3. The first-order valence-corrected chi connectivity index (χ1v) is 7.11. The van der Waals surface area contributed by atoms with E-state index in [9.17, 15) is 0 Å². The molecule has 0 aromatic carbocycles. The molecule has 0 spiro atoms. The van der Waals surface area contributed by atoms with E-state index in [0.29, 0.717) is 12.0 Å². The van der Waals surface area contributed by atoms with E-state index in [1.807, 2.05) is 13.1 Å². The maximum Gasteiger partial charge on any atom is 0.169 e. The number of hydrogen-bond donors (Lipinski definition) is 1. The summed E-state index contributed by atoms with van der Waals surface area (Å²) in [4.78, 5) is 2.43. The summed E-state index contributed by atoms with van der Waals surface area (Å²) in [5.41, 5.74) is 0. The van der Waals surface area contributed by atoms with Gasteiger partial charge in [0.15, 0.2) is 4.67 Å². The molecule has 96 valence electrons. The van der Waals surface area contributed by atoms with E-state index >= 15 is 0 Å². The third-order valence-corrected chi connectivity index (χ3v) is 4.04. The number of nitrogens with zero attached hydrogens (tertiary/aromatic N) is 1. The van der Waals surface area contributed by atoms with Gasteiger partial charge in [0.05, 0.1) is 6.04 Å². The molecule has 2 unspecified atom stereocenters. The van der Waals surface area contributed by atoms with Crippen LogP contribution in [0.5, 0.6) is 0 Å². The zero-order valence-electron chi connectivity index (χ0n) is 10.6. The van der Waals surface area contributed by atoms with Crippen molar-refractivity contribution < 1.29 is 4.42 Å². The molecule has 0 amide bonds. The van der Waals surface area contributed by atoms with E-state index < -0.39 is 0 Å². The maximum absolute atomic E-state index is 5.77. The summed E-state index contributed by atoms with van der Waals surface area (Å²) >= 11 is 3.40. The molecule has 1 fully saturated rings. The van der Waals surface area contributed by atoms with Gasteiger partial charge in [-0.3, -0.25) is 4.90 Å². The molecule has 2 heterocycles. The number of rotatable bonds is 3. The van der Waals surface area contributed by atoms with Gasteiger partial charge in [0.2, 0.25) is 0 Å². The first-order chi connectivity index (χ1) is 8.22. The molecule has 1 saturated heterocycles. The Morgan fingerprint density at radius 3 is 2.94 bits per heavy atom. The molecule has 1 aliphatic rings. The maximum atomic E-state index is 5.77. The van der Waals surface area contributed by atoms with Crippen molar-refractivity contribution >= 4 is 15.9 Å². The first-order valence-electron chi connectivity index (χ1n) is 6.32. The van der Waals surface area contributed by atoms with Crippen molar-refractivity contribution in [3.8, 4) is 0 Å². The molecule has 2 rings (SSSR count). The Hall–Kier alpha value is -0.320. The summed E-state index contributed by atoms with van der Waals surface area (Å²) in [6.45, 7) is 2.20. The monoisotopic (exact) mass is 300 g/mol. The molecule has 0 saturated carbocycles. The van der Waals surface area contributed by atoms with Crippen molar-refractivity contribution in [1.29, 1.82) is 0 Å². The molecule has 2 atom stereocenters. The van der Waals surface area contributed by atoms with Crippen LogP contribution in [0.4, 0.5) is 0 Å². The summed E-state index contributed by atoms with van der Waals surface area (Å²) in [5, 5.41) is 3.31. The second-order valence-corrected chi connectivity index (χ2v) is 5.66. The minimum atomic E-state index is 0.399. The van der Waals surface area contributed by atoms with Crippen LogP contribution in [0.2, 0.25) is 0 Å². The van der Waals surface area contributed by atoms with Gasteiger partial charge < -0.3 is 9.73 Å². The van der Waals surface area contributed by atoms with Crippen LogP contribution in [0.1, 0.15) is 31.1 Å². The molecule has 1 aliphatic heterocycles. The third kappa shape index (κ3) is 3.12. The van der Waals surface area contributed by atoms with E-state index in [4.69, 9.17) is 4.42 Å². The zero-order valence-corrected chi connectivity index (χ0v) is 12.2. The highest BCUT2D eigenvalue weighted by molar-refractivity contribution is 9.10. The van der Waals surface area contributed by atoms with Crippen LogP contribution in [0, 0.1) is 5.92 Å². The van der Waals surface area contributed by atoms with Crippen molar-refractivity contribution in [2.24, 2.45) is 5.92 Å². The molecule has 1 aromatic rings. The fraction of sp³-hybridized carbons (Fsp3) is 0.692. The molecule has 0 aliphatic carbocycles. The minimum absolute atomic E-state index is 0.399. The number of likely N-dealkylation sites (tertiary alicyclic amines) is 1. The smallest absolute Gasteiger partial charge is 0.169 e. The molecular formula is C13H21BrN2O. The Balaban J connectivity index is 2.22. The van der Waals surface area contributed by atoms with E-state index in [2.05, 4.69) is 39.3 Å². The van der Waals surface area contributed by atoms with Gasteiger partial charge in [-0.05, 0) is 74.0 Å². The van der Waals surface area contributed by atoms with Gasteiger partial charge in [-0.25, -0.2) is 0 Å². The number of furan rings is 1. The van der Waals surface area contributed by atoms with Crippen LogP contribution in [-0.4, -0.2) is 32.1 Å². The Bertz CT molecular complexity index is 353. The zero-order chi connectivity index (χ0) is 12.3. The van der Waals surface area contributed by atoms with E-state index in [-0.39, 0.29) is 0 Å². The van der Waals surface area contributed by atoms with Gasteiger partial charge in [0.25, 0.3) is 0 Å². The molecular weight excluding hydrogens is 280 g/mol. The predicted molar refractivity (Wildman–Crippen MR) is 73.0 cm³/mol. The Labute approximate surface area is 112 Å². The van der Waals surface area contributed by atoms with Crippen molar-refractivity contribution in [2.75, 3.05) is 27.2 Å². The van der Waals surface area contributed by atoms with Crippen molar-refractivity contribution in [3.05, 3.63) is 22.6 Å². The van der Waals surface area contributed by atoms with Crippen LogP contribution in [0.3, 0.4) is 0 Å². The number of nitrogens with one attached hydrogen (secondary N) is 1. The minimum Gasteiger partial charge on any atom is -0.453 e. The van der Waals surface area contributed by atoms with Gasteiger partial charge in [-0.2, -0.15) is 0 Å². The predicted octanol–water partition coefficient (Wildman–Crippen LogP) is 3.03. The van der Waals surface area contributed by atoms with Gasteiger partial charge in [-0.15, -0.1) is 0 Å². The summed E-state index contributed by atoms with van der Waals surface area (Å²) in [6, 6.07) is 4.49. The average molecular weight is 301 g/mol. The van der Waals surface area contributed by atoms with Crippen LogP contribution in [0.25, 0.3) is 0 Å². The number of hydrogen-bond acceptors (Lipinski definition) is 3. The lowest BCUT2D eigenvalue weighted by Gasteiger charge is -2.30. The molecule has 0 bridgehead atoms. The van der Waals surface area contributed by atoms with Crippen LogP contribution < -0.4 is 5.32 Å². The fourth-order valence-electron chi connectivity index (χ4n) is 2.84. The largest absolute Gasteiger partial charge is 0.453 e. The van der Waals surface area contributed by atoms with Gasteiger partial charge in [-0.1, -0.05) is 6.42 Å². The highest BCUT2D eigenvalue weighted by Gasteiger charge is 2.30. The molecule has 1 aromatic heterocycles. The lowest BCUT2D eigenvalue weighted by molar-refractivity contribution is 0.163. The summed E-state index contributed by atoms with van der Waals surface area (Å²) < 4.78 is 6.60. The topological polar surface area (TPSA) is 28.4 Å². The summed E-state index contributed by atoms with van der Waals surface area (Å²) in [6.07, 6.45) is 3.87. The lowest BCUT2D eigenvalue weighted by Crippen LogP contribution is -2.33. The van der Waals surface area contributed by atoms with E-state index in [1.54, 1.807) is 0 Å². The number of halogens is 1. The summed E-state index contributed by atoms with van der Waals surface area (Å²) in [7, 11) is 4.23. The Morgan fingerprint density at radius 1 is 1.47 bits per heavy atom. The normalized spacial score (nSPS) is 27.0. The molecule has 1 N–H and O–H groups in total. The van der Waals surface area contributed by atoms with Crippen molar-refractivity contribution in [3.63, 3.8) is 0 Å². The highest BCUT2D eigenvalue weighted by Crippen LogP contribution is 2.35. The third-order valence-electron chi connectivity index (χ3n) is 3.61. The van der Waals surface area contributed by atoms with E-state index in [0.717, 1.165) is 23.5 Å². The average Bonchev–Trinajstić information content (AvgIpc) is 2.62. The van der Waals surface area contributed by atoms with Gasteiger partial charge in [0, 0.05) is 0 Å². The van der Waals surface area contributed by atoms with Crippen LogP contribution in [0.15, 0.2) is 21.2 Å².